The number of aryl methyl sites for hydroxylation is 1. The van der Waals surface area contributed by atoms with Gasteiger partial charge in [0.15, 0.2) is 5.82 Å². The van der Waals surface area contributed by atoms with Crippen LogP contribution >= 0.6 is 11.6 Å². The molecule has 0 saturated carbocycles. The number of aromatic nitrogens is 4. The first-order valence-corrected chi connectivity index (χ1v) is 8.70. The third-order valence-corrected chi connectivity index (χ3v) is 4.57. The van der Waals surface area contributed by atoms with E-state index in [0.29, 0.717) is 11.3 Å². The van der Waals surface area contributed by atoms with Crippen LogP contribution in [0.3, 0.4) is 0 Å². The van der Waals surface area contributed by atoms with Crippen molar-refractivity contribution in [1.82, 2.24) is 19.6 Å². The molecular weight excluding hydrogens is 389 g/mol. The molecule has 146 valence electrons. The Morgan fingerprint density at radius 1 is 1.36 bits per heavy atom. The van der Waals surface area contributed by atoms with Crippen LogP contribution in [-0.2, 0) is 11.3 Å². The maximum atomic E-state index is 14.0. The lowest BCUT2D eigenvalue weighted by Crippen LogP contribution is -2.24. The third-order valence-electron chi connectivity index (χ3n) is 4.22. The van der Waals surface area contributed by atoms with Gasteiger partial charge < -0.3 is 10.4 Å². The molecule has 0 aliphatic carbocycles. The van der Waals surface area contributed by atoms with Gasteiger partial charge in [0, 0.05) is 28.5 Å². The minimum atomic E-state index is -1.11. The van der Waals surface area contributed by atoms with Gasteiger partial charge >= 0.3 is 5.97 Å². The average molecular weight is 406 g/mol. The van der Waals surface area contributed by atoms with Gasteiger partial charge in [-0.3, -0.25) is 9.48 Å². The van der Waals surface area contributed by atoms with E-state index < -0.39 is 23.7 Å². The third kappa shape index (κ3) is 3.89. The van der Waals surface area contributed by atoms with Gasteiger partial charge in [0.2, 0.25) is 0 Å². The van der Waals surface area contributed by atoms with Crippen LogP contribution in [0.25, 0.3) is 0 Å². The Hall–Kier alpha value is -3.20. The summed E-state index contributed by atoms with van der Waals surface area (Å²) in [5.41, 5.74) is 1.06. The Labute approximate surface area is 164 Å². The van der Waals surface area contributed by atoms with Crippen molar-refractivity contribution >= 4 is 29.3 Å². The van der Waals surface area contributed by atoms with Gasteiger partial charge in [-0.15, -0.1) is 0 Å². The second-order valence-corrected chi connectivity index (χ2v) is 6.57. The van der Waals surface area contributed by atoms with E-state index in [-0.39, 0.29) is 23.1 Å². The Balaban J connectivity index is 1.80. The zero-order valence-corrected chi connectivity index (χ0v) is 15.8. The number of nitrogens with zero attached hydrogens (tertiary/aromatic N) is 4. The molecule has 1 amide bonds. The normalized spacial score (nSPS) is 12.0. The Bertz CT molecular complexity index is 1030. The largest absolute Gasteiger partial charge is 0.480 e. The van der Waals surface area contributed by atoms with E-state index in [9.17, 15) is 14.0 Å². The molecular formula is C18H17ClFN5O3. The van der Waals surface area contributed by atoms with Crippen molar-refractivity contribution in [2.75, 3.05) is 5.32 Å². The quantitative estimate of drug-likeness (QED) is 0.656. The summed E-state index contributed by atoms with van der Waals surface area (Å²) in [6.45, 7) is 3.28. The topological polar surface area (TPSA) is 102 Å². The summed E-state index contributed by atoms with van der Waals surface area (Å²) in [7, 11) is 0. The van der Waals surface area contributed by atoms with Crippen molar-refractivity contribution in [1.29, 1.82) is 0 Å². The second-order valence-electron chi connectivity index (χ2n) is 6.16. The molecule has 0 aliphatic heterocycles. The van der Waals surface area contributed by atoms with Gasteiger partial charge in [-0.2, -0.15) is 10.2 Å². The van der Waals surface area contributed by atoms with Crippen molar-refractivity contribution in [3.63, 3.8) is 0 Å². The van der Waals surface area contributed by atoms with E-state index in [2.05, 4.69) is 15.5 Å². The van der Waals surface area contributed by atoms with Crippen LogP contribution in [0.5, 0.6) is 0 Å². The summed E-state index contributed by atoms with van der Waals surface area (Å²) < 4.78 is 16.6. The number of benzene rings is 1. The highest BCUT2D eigenvalue weighted by molar-refractivity contribution is 6.31. The molecule has 1 aromatic carbocycles. The van der Waals surface area contributed by atoms with Gasteiger partial charge in [-0.1, -0.05) is 17.7 Å². The van der Waals surface area contributed by atoms with E-state index in [4.69, 9.17) is 16.7 Å². The highest BCUT2D eigenvalue weighted by Crippen LogP contribution is 2.21. The lowest BCUT2D eigenvalue weighted by atomic mass is 10.2. The number of nitrogens with one attached hydrogen (secondary N) is 1. The molecule has 8 nitrogen and oxygen atoms in total. The summed E-state index contributed by atoms with van der Waals surface area (Å²) >= 11 is 6.05. The number of carbonyl (C=O) groups excluding carboxylic acids is 1. The van der Waals surface area contributed by atoms with E-state index in [0.717, 1.165) is 4.68 Å². The second kappa shape index (κ2) is 7.81. The van der Waals surface area contributed by atoms with Crippen LogP contribution in [0, 0.1) is 12.7 Å². The highest BCUT2D eigenvalue weighted by Gasteiger charge is 2.22. The number of rotatable bonds is 6. The van der Waals surface area contributed by atoms with E-state index >= 15 is 0 Å². The Kier molecular flexibility index (Phi) is 5.46. The Morgan fingerprint density at radius 2 is 2.11 bits per heavy atom. The molecule has 0 spiro atoms. The first kappa shape index (κ1) is 19.6. The van der Waals surface area contributed by atoms with Crippen LogP contribution in [0.15, 0.2) is 36.5 Å². The van der Waals surface area contributed by atoms with Crippen molar-refractivity contribution in [2.45, 2.75) is 26.4 Å². The van der Waals surface area contributed by atoms with Gasteiger partial charge in [-0.25, -0.2) is 13.9 Å². The highest BCUT2D eigenvalue weighted by atomic mass is 35.5. The monoisotopic (exact) mass is 405 g/mol. The van der Waals surface area contributed by atoms with Crippen LogP contribution in [0.1, 0.15) is 34.7 Å². The fourth-order valence-corrected chi connectivity index (χ4v) is 2.87. The summed E-state index contributed by atoms with van der Waals surface area (Å²) in [5.74, 6) is -1.87. The molecule has 0 saturated heterocycles. The lowest BCUT2D eigenvalue weighted by Gasteiger charge is -2.11. The summed E-state index contributed by atoms with van der Waals surface area (Å²) in [5, 5.41) is 20.2. The SMILES string of the molecule is Cc1cc(NC(=O)c2ccnn2C(C)C(=O)O)nn1Cc1c(F)cccc1Cl. The summed E-state index contributed by atoms with van der Waals surface area (Å²) in [6.07, 6.45) is 1.35. The number of carbonyl (C=O) groups is 2. The fraction of sp³-hybridized carbons (Fsp3) is 0.222. The number of carboxylic acids is 1. The predicted octanol–water partition coefficient (Wildman–Crippen LogP) is 3.13. The van der Waals surface area contributed by atoms with Gasteiger partial charge in [0.1, 0.15) is 17.6 Å². The number of aliphatic carboxylic acids is 1. The number of hydrogen-bond acceptors (Lipinski definition) is 4. The average Bonchev–Trinajstić information content (AvgIpc) is 3.24. The maximum absolute atomic E-state index is 14.0. The molecule has 0 bridgehead atoms. The minimum Gasteiger partial charge on any atom is -0.480 e. The molecule has 1 atom stereocenters. The maximum Gasteiger partial charge on any atom is 0.328 e. The zero-order chi connectivity index (χ0) is 20.4. The molecule has 2 N–H and O–H groups in total. The lowest BCUT2D eigenvalue weighted by molar-refractivity contribution is -0.140. The van der Waals surface area contributed by atoms with E-state index in [1.54, 1.807) is 19.1 Å². The van der Waals surface area contributed by atoms with Crippen LogP contribution in [0.4, 0.5) is 10.2 Å². The minimum absolute atomic E-state index is 0.0826. The Morgan fingerprint density at radius 3 is 2.79 bits per heavy atom. The molecule has 0 fully saturated rings. The molecule has 28 heavy (non-hydrogen) atoms. The molecule has 10 heteroatoms. The molecule has 0 aliphatic rings. The molecule has 1 unspecified atom stereocenters. The smallest absolute Gasteiger partial charge is 0.328 e. The zero-order valence-electron chi connectivity index (χ0n) is 15.1. The van der Waals surface area contributed by atoms with Crippen molar-refractivity contribution in [3.05, 3.63) is 64.3 Å². The first-order chi connectivity index (χ1) is 13.3. The summed E-state index contributed by atoms with van der Waals surface area (Å²) in [6, 6.07) is 6.45. The molecule has 2 aromatic heterocycles. The van der Waals surface area contributed by atoms with E-state index in [1.807, 2.05) is 0 Å². The summed E-state index contributed by atoms with van der Waals surface area (Å²) in [4.78, 5) is 23.7. The molecule has 0 radical (unpaired) electrons. The molecule has 3 rings (SSSR count). The van der Waals surface area contributed by atoms with Gasteiger partial charge in [0.05, 0.1) is 6.54 Å². The van der Waals surface area contributed by atoms with Crippen LogP contribution in [0.2, 0.25) is 5.02 Å². The molecule has 3 aromatic rings. The van der Waals surface area contributed by atoms with Crippen LogP contribution in [-0.4, -0.2) is 36.5 Å². The van der Waals surface area contributed by atoms with E-state index in [1.165, 1.54) is 36.0 Å². The number of anilines is 1. The predicted molar refractivity (Wildman–Crippen MR) is 100 cm³/mol. The van der Waals surface area contributed by atoms with Crippen molar-refractivity contribution in [3.8, 4) is 0 Å². The van der Waals surface area contributed by atoms with Gasteiger partial charge in [-0.05, 0) is 32.0 Å². The van der Waals surface area contributed by atoms with Crippen molar-refractivity contribution < 1.29 is 19.1 Å². The first-order valence-electron chi connectivity index (χ1n) is 8.33. The number of carboxylic acid groups (broad SMARTS) is 1. The number of halogens is 2. The van der Waals surface area contributed by atoms with Gasteiger partial charge in [0.25, 0.3) is 5.91 Å². The number of amides is 1. The van der Waals surface area contributed by atoms with Crippen molar-refractivity contribution in [2.24, 2.45) is 0 Å². The fourth-order valence-electron chi connectivity index (χ4n) is 2.65. The van der Waals surface area contributed by atoms with Crippen LogP contribution < -0.4 is 5.32 Å². The standard InChI is InChI=1S/C18H17ClFN5O3/c1-10-8-16(23-24(10)9-12-13(19)4-3-5-14(12)20)22-17(26)15-6-7-21-25(15)11(2)18(27)28/h3-8,11H,9H2,1-2H3,(H,27,28)(H,22,23,26). The number of hydrogen-bond donors (Lipinski definition) is 2. The molecule has 2 heterocycles.